The van der Waals surface area contributed by atoms with Crippen molar-refractivity contribution >= 4 is 46.4 Å². The second-order valence-corrected chi connectivity index (χ2v) is 7.89. The number of anilines is 2. The van der Waals surface area contributed by atoms with Gasteiger partial charge in [0.05, 0.1) is 16.9 Å². The van der Waals surface area contributed by atoms with Crippen LogP contribution in [0.5, 0.6) is 0 Å². The summed E-state index contributed by atoms with van der Waals surface area (Å²) in [5, 5.41) is 3.70. The predicted molar refractivity (Wildman–Crippen MR) is 123 cm³/mol. The molecule has 158 valence electrons. The number of aromatic nitrogens is 1. The summed E-state index contributed by atoms with van der Waals surface area (Å²) in [6, 6.07) is 17.8. The lowest BCUT2D eigenvalue weighted by Crippen LogP contribution is -2.49. The molecule has 31 heavy (non-hydrogen) atoms. The molecule has 0 bridgehead atoms. The van der Waals surface area contributed by atoms with Gasteiger partial charge >= 0.3 is 0 Å². The SMILES string of the molecule is O=C(Nc1ccccc1N1CCN(C(=O)c2ccc(Cl)cc2)CC1)c1cccnc1Cl. The van der Waals surface area contributed by atoms with E-state index in [-0.39, 0.29) is 17.0 Å². The normalized spacial score (nSPS) is 13.7. The fraction of sp³-hybridized carbons (Fsp3) is 0.174. The van der Waals surface area contributed by atoms with Crippen molar-refractivity contribution < 1.29 is 9.59 Å². The molecule has 0 saturated carbocycles. The zero-order valence-electron chi connectivity index (χ0n) is 16.6. The molecule has 1 aliphatic heterocycles. The fourth-order valence-corrected chi connectivity index (χ4v) is 3.86. The molecule has 0 radical (unpaired) electrons. The van der Waals surface area contributed by atoms with Gasteiger partial charge in [0.15, 0.2) is 0 Å². The van der Waals surface area contributed by atoms with Crippen molar-refractivity contribution in [2.75, 3.05) is 36.4 Å². The maximum absolute atomic E-state index is 12.7. The van der Waals surface area contributed by atoms with Crippen LogP contribution in [0.3, 0.4) is 0 Å². The van der Waals surface area contributed by atoms with Crippen molar-refractivity contribution in [3.05, 3.63) is 88.2 Å². The summed E-state index contributed by atoms with van der Waals surface area (Å²) in [7, 11) is 0. The van der Waals surface area contributed by atoms with Crippen LogP contribution in [0.25, 0.3) is 0 Å². The van der Waals surface area contributed by atoms with E-state index in [1.54, 1.807) is 36.4 Å². The number of halogens is 2. The monoisotopic (exact) mass is 454 g/mol. The maximum atomic E-state index is 12.7. The highest BCUT2D eigenvalue weighted by molar-refractivity contribution is 6.33. The van der Waals surface area contributed by atoms with Crippen molar-refractivity contribution in [3.8, 4) is 0 Å². The lowest BCUT2D eigenvalue weighted by molar-refractivity contribution is 0.0746. The Hall–Kier alpha value is -3.09. The first-order valence-electron chi connectivity index (χ1n) is 9.83. The highest BCUT2D eigenvalue weighted by atomic mass is 35.5. The van der Waals surface area contributed by atoms with Gasteiger partial charge < -0.3 is 15.1 Å². The first-order chi connectivity index (χ1) is 15.0. The third kappa shape index (κ3) is 4.81. The summed E-state index contributed by atoms with van der Waals surface area (Å²) in [4.78, 5) is 33.4. The predicted octanol–water partition coefficient (Wildman–Crippen LogP) is 4.60. The quantitative estimate of drug-likeness (QED) is 0.584. The van der Waals surface area contributed by atoms with Gasteiger partial charge in [0.1, 0.15) is 5.15 Å². The van der Waals surface area contributed by atoms with Gasteiger partial charge in [0, 0.05) is 43.0 Å². The number of nitrogens with one attached hydrogen (secondary N) is 1. The van der Waals surface area contributed by atoms with Crippen molar-refractivity contribution in [3.63, 3.8) is 0 Å². The molecule has 2 amide bonds. The van der Waals surface area contributed by atoms with Crippen LogP contribution < -0.4 is 10.2 Å². The van der Waals surface area contributed by atoms with E-state index in [9.17, 15) is 9.59 Å². The number of nitrogens with zero attached hydrogens (tertiary/aromatic N) is 3. The Balaban J connectivity index is 1.44. The van der Waals surface area contributed by atoms with E-state index in [1.165, 1.54) is 6.20 Å². The molecule has 0 atom stereocenters. The van der Waals surface area contributed by atoms with Gasteiger partial charge in [-0.05, 0) is 48.5 Å². The molecule has 6 nitrogen and oxygen atoms in total. The Kier molecular flexibility index (Phi) is 6.39. The number of carbonyl (C=O) groups excluding carboxylic acids is 2. The number of rotatable bonds is 4. The summed E-state index contributed by atoms with van der Waals surface area (Å²) in [6.45, 7) is 2.47. The van der Waals surface area contributed by atoms with Gasteiger partial charge in [-0.1, -0.05) is 35.3 Å². The molecule has 2 aromatic carbocycles. The van der Waals surface area contributed by atoms with E-state index < -0.39 is 0 Å². The van der Waals surface area contributed by atoms with Crippen LogP contribution in [0.2, 0.25) is 10.2 Å². The zero-order valence-corrected chi connectivity index (χ0v) is 18.1. The van der Waals surface area contributed by atoms with E-state index in [1.807, 2.05) is 29.2 Å². The van der Waals surface area contributed by atoms with Crippen LogP contribution in [0.4, 0.5) is 11.4 Å². The Bertz CT molecular complexity index is 1100. The summed E-state index contributed by atoms with van der Waals surface area (Å²) in [6.07, 6.45) is 1.54. The molecule has 1 aromatic heterocycles. The fourth-order valence-electron chi connectivity index (χ4n) is 3.53. The van der Waals surface area contributed by atoms with Crippen molar-refractivity contribution in [2.45, 2.75) is 0 Å². The molecule has 0 spiro atoms. The highest BCUT2D eigenvalue weighted by Crippen LogP contribution is 2.28. The number of hydrogen-bond acceptors (Lipinski definition) is 4. The highest BCUT2D eigenvalue weighted by Gasteiger charge is 2.24. The minimum Gasteiger partial charge on any atom is -0.366 e. The smallest absolute Gasteiger partial charge is 0.258 e. The van der Waals surface area contributed by atoms with Crippen molar-refractivity contribution in [2.24, 2.45) is 0 Å². The van der Waals surface area contributed by atoms with Gasteiger partial charge in [0.2, 0.25) is 0 Å². The molecular weight excluding hydrogens is 435 g/mol. The molecule has 1 aliphatic rings. The molecule has 8 heteroatoms. The number of para-hydroxylation sites is 2. The topological polar surface area (TPSA) is 65.5 Å². The number of carbonyl (C=O) groups is 2. The van der Waals surface area contributed by atoms with Crippen LogP contribution in [0.15, 0.2) is 66.9 Å². The van der Waals surface area contributed by atoms with Gasteiger partial charge in [0.25, 0.3) is 11.8 Å². The average Bonchev–Trinajstić information content (AvgIpc) is 2.80. The standard InChI is InChI=1S/C23H20Cl2N4O2/c24-17-9-7-16(8-10-17)23(31)29-14-12-28(13-15-29)20-6-2-1-5-19(20)27-22(30)18-4-3-11-26-21(18)25/h1-11H,12-15H2,(H,27,30). The number of hydrogen-bond donors (Lipinski definition) is 1. The first kappa shape index (κ1) is 21.2. The number of piperazine rings is 1. The van der Waals surface area contributed by atoms with Crippen LogP contribution in [0, 0.1) is 0 Å². The summed E-state index contributed by atoms with van der Waals surface area (Å²) in [5.41, 5.74) is 2.52. The third-order valence-electron chi connectivity index (χ3n) is 5.15. The van der Waals surface area contributed by atoms with E-state index in [0.717, 1.165) is 5.69 Å². The Labute approximate surface area is 190 Å². The number of amides is 2. The molecule has 2 heterocycles. The summed E-state index contributed by atoms with van der Waals surface area (Å²) in [5.74, 6) is -0.328. The van der Waals surface area contributed by atoms with Crippen LogP contribution in [-0.2, 0) is 0 Å². The number of benzene rings is 2. The van der Waals surface area contributed by atoms with Crippen LogP contribution in [-0.4, -0.2) is 47.9 Å². The van der Waals surface area contributed by atoms with E-state index in [0.29, 0.717) is 48.0 Å². The summed E-state index contributed by atoms with van der Waals surface area (Å²) < 4.78 is 0. The lowest BCUT2D eigenvalue weighted by atomic mass is 10.1. The Morgan fingerprint density at radius 1 is 0.871 bits per heavy atom. The molecule has 0 aliphatic carbocycles. The van der Waals surface area contributed by atoms with E-state index in [2.05, 4.69) is 15.2 Å². The third-order valence-corrected chi connectivity index (χ3v) is 5.71. The summed E-state index contributed by atoms with van der Waals surface area (Å²) >= 11 is 12.0. The molecule has 1 saturated heterocycles. The second kappa shape index (κ2) is 9.37. The van der Waals surface area contributed by atoms with Gasteiger partial charge in [-0.3, -0.25) is 9.59 Å². The largest absolute Gasteiger partial charge is 0.366 e. The minimum atomic E-state index is -0.317. The van der Waals surface area contributed by atoms with Gasteiger partial charge in [-0.25, -0.2) is 4.98 Å². The van der Waals surface area contributed by atoms with E-state index >= 15 is 0 Å². The lowest BCUT2D eigenvalue weighted by Gasteiger charge is -2.37. The van der Waals surface area contributed by atoms with Gasteiger partial charge in [-0.2, -0.15) is 0 Å². The molecule has 0 unspecified atom stereocenters. The van der Waals surface area contributed by atoms with Crippen LogP contribution >= 0.6 is 23.2 Å². The van der Waals surface area contributed by atoms with Crippen LogP contribution in [0.1, 0.15) is 20.7 Å². The number of pyridine rings is 1. The first-order valence-corrected chi connectivity index (χ1v) is 10.6. The average molecular weight is 455 g/mol. The maximum Gasteiger partial charge on any atom is 0.258 e. The Morgan fingerprint density at radius 3 is 2.29 bits per heavy atom. The second-order valence-electron chi connectivity index (χ2n) is 7.10. The molecule has 4 rings (SSSR count). The molecular formula is C23H20Cl2N4O2. The van der Waals surface area contributed by atoms with Crippen molar-refractivity contribution in [1.29, 1.82) is 0 Å². The zero-order chi connectivity index (χ0) is 21.8. The Morgan fingerprint density at radius 2 is 1.58 bits per heavy atom. The van der Waals surface area contributed by atoms with E-state index in [4.69, 9.17) is 23.2 Å². The molecule has 3 aromatic rings. The minimum absolute atomic E-state index is 0.0101. The van der Waals surface area contributed by atoms with Gasteiger partial charge in [-0.15, -0.1) is 0 Å². The molecule has 1 fully saturated rings. The molecule has 1 N–H and O–H groups in total. The van der Waals surface area contributed by atoms with Crippen molar-refractivity contribution in [1.82, 2.24) is 9.88 Å².